The van der Waals surface area contributed by atoms with E-state index in [0.717, 1.165) is 19.4 Å². The van der Waals surface area contributed by atoms with Crippen molar-refractivity contribution in [1.29, 1.82) is 0 Å². The first-order chi connectivity index (χ1) is 10.0. The lowest BCUT2D eigenvalue weighted by atomic mass is 9.78. The maximum absolute atomic E-state index is 12.9. The molecule has 0 spiro atoms. The summed E-state index contributed by atoms with van der Waals surface area (Å²) in [5.41, 5.74) is 0. The van der Waals surface area contributed by atoms with Gasteiger partial charge in [0, 0.05) is 25.2 Å². The SMILES string of the molecule is CCN(C(=O)N1CCCC2CCCCC21)C(C)CC(=O)O. The third kappa shape index (κ3) is 3.69. The van der Waals surface area contributed by atoms with Crippen LogP contribution in [-0.4, -0.2) is 52.1 Å². The molecule has 1 saturated carbocycles. The third-order valence-corrected chi connectivity index (χ3v) is 5.08. The van der Waals surface area contributed by atoms with Gasteiger partial charge in [-0.25, -0.2) is 4.79 Å². The van der Waals surface area contributed by atoms with E-state index in [1.165, 1.54) is 25.7 Å². The molecular formula is C16H28N2O3. The number of likely N-dealkylation sites (tertiary alicyclic amines) is 1. The van der Waals surface area contributed by atoms with Crippen LogP contribution in [0.1, 0.15) is 58.8 Å². The number of hydrogen-bond acceptors (Lipinski definition) is 2. The second-order valence-electron chi connectivity index (χ2n) is 6.46. The van der Waals surface area contributed by atoms with Gasteiger partial charge in [-0.05, 0) is 45.4 Å². The fourth-order valence-corrected chi connectivity index (χ4v) is 4.03. The molecule has 2 rings (SSSR count). The third-order valence-electron chi connectivity index (χ3n) is 5.08. The van der Waals surface area contributed by atoms with Gasteiger partial charge < -0.3 is 14.9 Å². The van der Waals surface area contributed by atoms with Crippen molar-refractivity contribution in [2.75, 3.05) is 13.1 Å². The molecule has 120 valence electrons. The van der Waals surface area contributed by atoms with E-state index in [2.05, 4.69) is 0 Å². The van der Waals surface area contributed by atoms with Gasteiger partial charge in [-0.15, -0.1) is 0 Å². The normalized spacial score (nSPS) is 26.9. The molecule has 0 aromatic carbocycles. The molecule has 0 aromatic rings. The highest BCUT2D eigenvalue weighted by atomic mass is 16.4. The fraction of sp³-hybridized carbons (Fsp3) is 0.875. The van der Waals surface area contributed by atoms with Crippen LogP contribution in [0.25, 0.3) is 0 Å². The van der Waals surface area contributed by atoms with Crippen LogP contribution in [0.3, 0.4) is 0 Å². The Labute approximate surface area is 127 Å². The molecule has 2 amide bonds. The zero-order valence-electron chi connectivity index (χ0n) is 13.3. The van der Waals surface area contributed by atoms with Crippen LogP contribution in [0.5, 0.6) is 0 Å². The first kappa shape index (κ1) is 16.1. The second-order valence-corrected chi connectivity index (χ2v) is 6.46. The van der Waals surface area contributed by atoms with E-state index in [1.54, 1.807) is 4.90 Å². The number of carbonyl (C=O) groups excluding carboxylic acids is 1. The van der Waals surface area contributed by atoms with Crippen molar-refractivity contribution in [3.8, 4) is 0 Å². The highest BCUT2D eigenvalue weighted by Crippen LogP contribution is 2.35. The first-order valence-electron chi connectivity index (χ1n) is 8.33. The van der Waals surface area contributed by atoms with Crippen molar-refractivity contribution in [1.82, 2.24) is 9.80 Å². The lowest BCUT2D eigenvalue weighted by molar-refractivity contribution is -0.138. The minimum Gasteiger partial charge on any atom is -0.481 e. The standard InChI is InChI=1S/C16H28N2O3/c1-3-17(12(2)11-15(19)20)16(21)18-10-6-8-13-7-4-5-9-14(13)18/h12-14H,3-11H2,1-2H3,(H,19,20). The number of rotatable bonds is 4. The van der Waals surface area contributed by atoms with E-state index in [0.29, 0.717) is 18.5 Å². The molecule has 3 atom stereocenters. The highest BCUT2D eigenvalue weighted by molar-refractivity contribution is 5.76. The zero-order chi connectivity index (χ0) is 15.4. The minimum absolute atomic E-state index is 0.0154. The number of fused-ring (bicyclic) bond motifs is 1. The Balaban J connectivity index is 2.06. The number of carboxylic acids is 1. The maximum Gasteiger partial charge on any atom is 0.320 e. The number of nitrogens with zero attached hydrogens (tertiary/aromatic N) is 2. The smallest absolute Gasteiger partial charge is 0.320 e. The molecule has 0 aromatic heterocycles. The van der Waals surface area contributed by atoms with Gasteiger partial charge in [0.1, 0.15) is 0 Å². The van der Waals surface area contributed by atoms with E-state index in [1.807, 2.05) is 18.7 Å². The Morgan fingerprint density at radius 1 is 1.24 bits per heavy atom. The summed E-state index contributed by atoms with van der Waals surface area (Å²) in [7, 11) is 0. The van der Waals surface area contributed by atoms with Gasteiger partial charge in [-0.2, -0.15) is 0 Å². The zero-order valence-corrected chi connectivity index (χ0v) is 13.3. The number of aliphatic carboxylic acids is 1. The molecule has 2 fully saturated rings. The average Bonchev–Trinajstić information content (AvgIpc) is 2.46. The van der Waals surface area contributed by atoms with Crippen LogP contribution in [0, 0.1) is 5.92 Å². The number of carboxylic acid groups (broad SMARTS) is 1. The van der Waals surface area contributed by atoms with E-state index in [9.17, 15) is 9.59 Å². The summed E-state index contributed by atoms with van der Waals surface area (Å²) in [5.74, 6) is -0.187. The van der Waals surface area contributed by atoms with Crippen molar-refractivity contribution in [3.05, 3.63) is 0 Å². The number of piperidine rings is 1. The molecular weight excluding hydrogens is 268 g/mol. The molecule has 1 saturated heterocycles. The van der Waals surface area contributed by atoms with Crippen LogP contribution in [0.15, 0.2) is 0 Å². The van der Waals surface area contributed by atoms with Crippen molar-refractivity contribution in [3.63, 3.8) is 0 Å². The van der Waals surface area contributed by atoms with Gasteiger partial charge in [-0.1, -0.05) is 12.8 Å². The van der Waals surface area contributed by atoms with Gasteiger partial charge in [-0.3, -0.25) is 4.79 Å². The summed E-state index contributed by atoms with van der Waals surface area (Å²) in [4.78, 5) is 27.5. The summed E-state index contributed by atoms with van der Waals surface area (Å²) in [6.07, 6.45) is 7.19. The Kier molecular flexibility index (Phi) is 5.48. The van der Waals surface area contributed by atoms with Gasteiger partial charge in [0.25, 0.3) is 0 Å². The summed E-state index contributed by atoms with van der Waals surface area (Å²) in [6.45, 7) is 5.16. The predicted molar refractivity (Wildman–Crippen MR) is 81.2 cm³/mol. The maximum atomic E-state index is 12.9. The van der Waals surface area contributed by atoms with Crippen LogP contribution in [0.4, 0.5) is 4.79 Å². The number of amides is 2. The molecule has 5 nitrogen and oxygen atoms in total. The summed E-state index contributed by atoms with van der Waals surface area (Å²) in [5, 5.41) is 8.96. The second kappa shape index (κ2) is 7.14. The number of carbonyl (C=O) groups is 2. The Bertz CT molecular complexity index is 384. The summed E-state index contributed by atoms with van der Waals surface area (Å²) < 4.78 is 0. The molecule has 0 bridgehead atoms. The predicted octanol–water partition coefficient (Wildman–Crippen LogP) is 2.95. The molecule has 1 heterocycles. The molecule has 0 radical (unpaired) electrons. The topological polar surface area (TPSA) is 60.9 Å². The number of hydrogen-bond donors (Lipinski definition) is 1. The van der Waals surface area contributed by atoms with Gasteiger partial charge >= 0.3 is 12.0 Å². The van der Waals surface area contributed by atoms with Gasteiger partial charge in [0.2, 0.25) is 0 Å². The molecule has 1 N–H and O–H groups in total. The Morgan fingerprint density at radius 2 is 1.90 bits per heavy atom. The molecule has 3 unspecified atom stereocenters. The molecule has 5 heteroatoms. The quantitative estimate of drug-likeness (QED) is 0.867. The average molecular weight is 296 g/mol. The monoisotopic (exact) mass is 296 g/mol. The molecule has 1 aliphatic heterocycles. The van der Waals surface area contributed by atoms with Gasteiger partial charge in [0.15, 0.2) is 0 Å². The Hall–Kier alpha value is -1.26. The fourth-order valence-electron chi connectivity index (χ4n) is 4.03. The molecule has 21 heavy (non-hydrogen) atoms. The minimum atomic E-state index is -0.845. The lowest BCUT2D eigenvalue weighted by Gasteiger charge is -2.46. The van der Waals surface area contributed by atoms with E-state index < -0.39 is 5.97 Å². The Morgan fingerprint density at radius 3 is 2.57 bits per heavy atom. The van der Waals surface area contributed by atoms with E-state index in [-0.39, 0.29) is 18.5 Å². The summed E-state index contributed by atoms with van der Waals surface area (Å²) in [6, 6.07) is 0.179. The largest absolute Gasteiger partial charge is 0.481 e. The van der Waals surface area contributed by atoms with E-state index in [4.69, 9.17) is 5.11 Å². The van der Waals surface area contributed by atoms with Gasteiger partial charge in [0.05, 0.1) is 6.42 Å². The van der Waals surface area contributed by atoms with Crippen LogP contribution in [-0.2, 0) is 4.79 Å². The van der Waals surface area contributed by atoms with Crippen LogP contribution >= 0.6 is 0 Å². The summed E-state index contributed by atoms with van der Waals surface area (Å²) >= 11 is 0. The lowest BCUT2D eigenvalue weighted by Crippen LogP contribution is -2.56. The van der Waals surface area contributed by atoms with Crippen molar-refractivity contribution >= 4 is 12.0 Å². The van der Waals surface area contributed by atoms with E-state index >= 15 is 0 Å². The van der Waals surface area contributed by atoms with Crippen LogP contribution in [0.2, 0.25) is 0 Å². The first-order valence-corrected chi connectivity index (χ1v) is 8.33. The molecule has 2 aliphatic rings. The highest BCUT2D eigenvalue weighted by Gasteiger charge is 2.38. The van der Waals surface area contributed by atoms with Crippen LogP contribution < -0.4 is 0 Å². The molecule has 1 aliphatic carbocycles. The van der Waals surface area contributed by atoms with Crippen molar-refractivity contribution < 1.29 is 14.7 Å². The van der Waals surface area contributed by atoms with Crippen molar-refractivity contribution in [2.45, 2.75) is 70.9 Å². The van der Waals surface area contributed by atoms with Crippen molar-refractivity contribution in [2.24, 2.45) is 5.92 Å². The number of urea groups is 1.